The predicted molar refractivity (Wildman–Crippen MR) is 91.2 cm³/mol. The van der Waals surface area contributed by atoms with Crippen molar-refractivity contribution in [3.05, 3.63) is 35.5 Å². The molecule has 1 aliphatic heterocycles. The molecular weight excluding hydrogens is 320 g/mol. The van der Waals surface area contributed by atoms with Crippen LogP contribution in [0.1, 0.15) is 47.9 Å². The minimum atomic E-state index is -0.294. The van der Waals surface area contributed by atoms with Crippen molar-refractivity contribution in [1.82, 2.24) is 25.1 Å². The van der Waals surface area contributed by atoms with Gasteiger partial charge in [-0.05, 0) is 25.0 Å². The van der Waals surface area contributed by atoms with Gasteiger partial charge in [-0.2, -0.15) is 5.10 Å². The number of nitrogens with zero attached hydrogens (tertiary/aromatic N) is 4. The number of amides is 1. The van der Waals surface area contributed by atoms with E-state index in [0.29, 0.717) is 37.1 Å². The second-order valence-electron chi connectivity index (χ2n) is 6.46. The number of anilines is 1. The van der Waals surface area contributed by atoms with Crippen molar-refractivity contribution in [2.75, 3.05) is 25.0 Å². The monoisotopic (exact) mass is 342 g/mol. The number of nitrogens with one attached hydrogen (secondary N) is 2. The molecule has 0 aromatic carbocycles. The number of carbonyl (C=O) groups excluding carboxylic acids is 1. The smallest absolute Gasteiger partial charge is 0.255 e. The number of H-pyrrole nitrogens is 1. The van der Waals surface area contributed by atoms with Crippen LogP contribution in [0.15, 0.2) is 18.3 Å². The molecule has 1 atom stereocenters. The zero-order valence-corrected chi connectivity index (χ0v) is 14.2. The van der Waals surface area contributed by atoms with E-state index in [4.69, 9.17) is 4.74 Å². The van der Waals surface area contributed by atoms with E-state index < -0.39 is 0 Å². The van der Waals surface area contributed by atoms with Crippen LogP contribution in [0.4, 0.5) is 5.82 Å². The lowest BCUT2D eigenvalue weighted by molar-refractivity contribution is -0.0266. The molecule has 1 aliphatic carbocycles. The van der Waals surface area contributed by atoms with Crippen LogP contribution in [0.3, 0.4) is 0 Å². The number of pyridine rings is 1. The van der Waals surface area contributed by atoms with Gasteiger partial charge in [-0.15, -0.1) is 0 Å². The molecule has 1 amide bonds. The molecule has 8 heteroatoms. The quantitative estimate of drug-likeness (QED) is 0.856. The van der Waals surface area contributed by atoms with E-state index in [1.165, 1.54) is 12.8 Å². The molecule has 0 bridgehead atoms. The average molecular weight is 342 g/mol. The molecule has 1 saturated carbocycles. The van der Waals surface area contributed by atoms with Crippen molar-refractivity contribution in [2.45, 2.75) is 38.3 Å². The molecule has 1 saturated heterocycles. The van der Waals surface area contributed by atoms with Gasteiger partial charge in [-0.1, -0.05) is 6.92 Å². The second kappa shape index (κ2) is 6.79. The van der Waals surface area contributed by atoms with Gasteiger partial charge in [0.1, 0.15) is 17.7 Å². The predicted octanol–water partition coefficient (Wildman–Crippen LogP) is 1.55. The minimum Gasteiger partial charge on any atom is -0.367 e. The number of hydrogen-bond donors (Lipinski definition) is 2. The molecule has 3 heterocycles. The van der Waals surface area contributed by atoms with Crippen molar-refractivity contribution in [3.63, 3.8) is 0 Å². The fraction of sp³-hybridized carbons (Fsp3) is 0.529. The Balaban J connectivity index is 1.42. The number of aryl methyl sites for hydroxylation is 1. The highest BCUT2D eigenvalue weighted by molar-refractivity contribution is 5.94. The Hall–Kier alpha value is -2.48. The Morgan fingerprint density at radius 2 is 2.32 bits per heavy atom. The lowest BCUT2D eigenvalue weighted by Gasteiger charge is -2.31. The van der Waals surface area contributed by atoms with Crippen molar-refractivity contribution in [3.8, 4) is 0 Å². The van der Waals surface area contributed by atoms with Crippen LogP contribution in [0.2, 0.25) is 0 Å². The third-order valence-electron chi connectivity index (χ3n) is 4.47. The number of ether oxygens (including phenoxy) is 1. The molecule has 132 valence electrons. The van der Waals surface area contributed by atoms with Gasteiger partial charge < -0.3 is 15.0 Å². The molecule has 4 rings (SSSR count). The summed E-state index contributed by atoms with van der Waals surface area (Å²) in [6, 6.07) is 4.24. The van der Waals surface area contributed by atoms with E-state index >= 15 is 0 Å². The van der Waals surface area contributed by atoms with E-state index in [0.717, 1.165) is 18.1 Å². The van der Waals surface area contributed by atoms with Crippen molar-refractivity contribution in [1.29, 1.82) is 0 Å². The first-order valence-corrected chi connectivity index (χ1v) is 8.77. The molecule has 0 unspecified atom stereocenters. The van der Waals surface area contributed by atoms with Gasteiger partial charge in [-0.3, -0.25) is 9.89 Å². The van der Waals surface area contributed by atoms with Gasteiger partial charge in [0.15, 0.2) is 5.82 Å². The van der Waals surface area contributed by atoms with Crippen LogP contribution in [0.25, 0.3) is 0 Å². The summed E-state index contributed by atoms with van der Waals surface area (Å²) in [6.45, 7) is 3.49. The molecular formula is C17H22N6O2. The molecule has 2 aromatic rings. The Bertz CT molecular complexity index is 740. The normalized spacial score (nSPS) is 20.5. The maximum absolute atomic E-state index is 12.7. The van der Waals surface area contributed by atoms with E-state index in [1.54, 1.807) is 11.1 Å². The van der Waals surface area contributed by atoms with Crippen LogP contribution in [-0.4, -0.2) is 56.7 Å². The highest BCUT2D eigenvalue weighted by Gasteiger charge is 2.29. The highest BCUT2D eigenvalue weighted by Crippen LogP contribution is 2.24. The molecule has 25 heavy (non-hydrogen) atoms. The summed E-state index contributed by atoms with van der Waals surface area (Å²) in [5.41, 5.74) is 0.589. The summed E-state index contributed by atoms with van der Waals surface area (Å²) in [7, 11) is 0. The average Bonchev–Trinajstić information content (AvgIpc) is 3.34. The van der Waals surface area contributed by atoms with Crippen LogP contribution in [0.5, 0.6) is 0 Å². The molecule has 2 aliphatic rings. The summed E-state index contributed by atoms with van der Waals surface area (Å²) in [4.78, 5) is 23.3. The SMILES string of the molecule is CCc1nc([C@H]2CN(C(=O)c3ccc(NC4CC4)nc3)CCO2)n[nH]1. The largest absolute Gasteiger partial charge is 0.367 e. The maximum Gasteiger partial charge on any atom is 0.255 e. The van der Waals surface area contributed by atoms with Gasteiger partial charge in [0.05, 0.1) is 18.7 Å². The fourth-order valence-corrected chi connectivity index (χ4v) is 2.83. The third-order valence-corrected chi connectivity index (χ3v) is 4.47. The molecule has 0 spiro atoms. The molecule has 2 aromatic heterocycles. The summed E-state index contributed by atoms with van der Waals surface area (Å²) in [5, 5.41) is 10.4. The summed E-state index contributed by atoms with van der Waals surface area (Å²) in [6.07, 6.45) is 4.52. The van der Waals surface area contributed by atoms with Crippen LogP contribution < -0.4 is 5.32 Å². The van der Waals surface area contributed by atoms with E-state index in [9.17, 15) is 4.79 Å². The number of aromatic nitrogens is 4. The first-order valence-electron chi connectivity index (χ1n) is 8.77. The molecule has 0 radical (unpaired) electrons. The molecule has 2 fully saturated rings. The number of morpholine rings is 1. The van der Waals surface area contributed by atoms with Crippen molar-refractivity contribution in [2.24, 2.45) is 0 Å². The highest BCUT2D eigenvalue weighted by atomic mass is 16.5. The van der Waals surface area contributed by atoms with Gasteiger partial charge >= 0.3 is 0 Å². The third kappa shape index (κ3) is 3.63. The lowest BCUT2D eigenvalue weighted by atomic mass is 10.2. The zero-order valence-electron chi connectivity index (χ0n) is 14.2. The van der Waals surface area contributed by atoms with E-state index in [2.05, 4.69) is 25.5 Å². The first kappa shape index (κ1) is 16.0. The summed E-state index contributed by atoms with van der Waals surface area (Å²) < 4.78 is 5.74. The van der Waals surface area contributed by atoms with Gasteiger partial charge in [0.25, 0.3) is 5.91 Å². The van der Waals surface area contributed by atoms with Gasteiger partial charge in [0, 0.05) is 25.2 Å². The van der Waals surface area contributed by atoms with E-state index in [-0.39, 0.29) is 12.0 Å². The number of carbonyl (C=O) groups is 1. The molecule has 8 nitrogen and oxygen atoms in total. The summed E-state index contributed by atoms with van der Waals surface area (Å²) >= 11 is 0. The zero-order chi connectivity index (χ0) is 17.2. The lowest BCUT2D eigenvalue weighted by Crippen LogP contribution is -2.42. The topological polar surface area (TPSA) is 96.0 Å². The Morgan fingerprint density at radius 3 is 3.00 bits per heavy atom. The summed E-state index contributed by atoms with van der Waals surface area (Å²) in [5.74, 6) is 2.22. The Morgan fingerprint density at radius 1 is 1.44 bits per heavy atom. The number of aromatic amines is 1. The van der Waals surface area contributed by atoms with Crippen molar-refractivity contribution < 1.29 is 9.53 Å². The Labute approximate surface area is 146 Å². The van der Waals surface area contributed by atoms with Crippen molar-refractivity contribution >= 4 is 11.7 Å². The Kier molecular flexibility index (Phi) is 4.35. The maximum atomic E-state index is 12.7. The van der Waals surface area contributed by atoms with Crippen LogP contribution >= 0.6 is 0 Å². The number of rotatable bonds is 5. The second-order valence-corrected chi connectivity index (χ2v) is 6.46. The van der Waals surface area contributed by atoms with Gasteiger partial charge in [-0.25, -0.2) is 9.97 Å². The number of hydrogen-bond acceptors (Lipinski definition) is 6. The standard InChI is InChI=1S/C17H22N6O2/c1-2-14-20-16(22-21-14)13-10-23(7-8-25-13)17(24)11-3-6-15(18-9-11)19-12-4-5-12/h3,6,9,12-13H,2,4-5,7-8,10H2,1H3,(H,18,19)(H,20,21,22)/t13-/m1/s1. The minimum absolute atomic E-state index is 0.0370. The first-order chi connectivity index (χ1) is 12.2. The van der Waals surface area contributed by atoms with E-state index in [1.807, 2.05) is 19.1 Å². The molecule has 2 N–H and O–H groups in total. The fourth-order valence-electron chi connectivity index (χ4n) is 2.83. The van der Waals surface area contributed by atoms with Gasteiger partial charge in [0.2, 0.25) is 0 Å². The van der Waals surface area contributed by atoms with Crippen LogP contribution in [0, 0.1) is 0 Å². The van der Waals surface area contributed by atoms with Crippen LogP contribution in [-0.2, 0) is 11.2 Å².